The fraction of sp³-hybridized carbons (Fsp3) is 0.368. The number of fused-ring (bicyclic) bond motifs is 1. The second-order valence-electron chi connectivity index (χ2n) is 6.39. The van der Waals surface area contributed by atoms with E-state index in [0.717, 1.165) is 36.6 Å². The fourth-order valence-electron chi connectivity index (χ4n) is 3.42. The van der Waals surface area contributed by atoms with Crippen LogP contribution in [0.4, 0.5) is 0 Å². The summed E-state index contributed by atoms with van der Waals surface area (Å²) in [6, 6.07) is 10.4. The van der Waals surface area contributed by atoms with Crippen LogP contribution in [0.1, 0.15) is 36.2 Å². The summed E-state index contributed by atoms with van der Waals surface area (Å²) >= 11 is 1.55. The number of aromatic nitrogens is 2. The van der Waals surface area contributed by atoms with Gasteiger partial charge >= 0.3 is 0 Å². The van der Waals surface area contributed by atoms with Crippen molar-refractivity contribution >= 4 is 28.1 Å². The van der Waals surface area contributed by atoms with Crippen LogP contribution >= 0.6 is 11.3 Å². The van der Waals surface area contributed by atoms with Crippen LogP contribution in [0.3, 0.4) is 0 Å². The monoisotopic (exact) mass is 339 g/mol. The van der Waals surface area contributed by atoms with E-state index >= 15 is 0 Å². The highest BCUT2D eigenvalue weighted by Crippen LogP contribution is 2.29. The molecule has 1 aliphatic rings. The van der Waals surface area contributed by atoms with Crippen LogP contribution in [0.25, 0.3) is 21.6 Å². The van der Waals surface area contributed by atoms with Gasteiger partial charge in [0.05, 0.1) is 5.69 Å². The summed E-state index contributed by atoms with van der Waals surface area (Å²) in [5, 5.41) is 4.01. The third kappa shape index (κ3) is 2.73. The van der Waals surface area contributed by atoms with Crippen molar-refractivity contribution in [2.45, 2.75) is 25.7 Å². The van der Waals surface area contributed by atoms with E-state index in [1.54, 1.807) is 11.3 Å². The minimum atomic E-state index is 0.0816. The lowest BCUT2D eigenvalue weighted by Crippen LogP contribution is -2.32. The molecule has 0 atom stereocenters. The minimum Gasteiger partial charge on any atom is -0.342 e. The van der Waals surface area contributed by atoms with Crippen LogP contribution in [0, 0.1) is 0 Å². The summed E-state index contributed by atoms with van der Waals surface area (Å²) in [4.78, 5) is 19.3. The third-order valence-electron chi connectivity index (χ3n) is 4.79. The number of carbonyl (C=O) groups is 1. The van der Waals surface area contributed by atoms with Gasteiger partial charge in [-0.05, 0) is 25.0 Å². The first-order chi connectivity index (χ1) is 11.7. The van der Waals surface area contributed by atoms with E-state index in [1.807, 2.05) is 22.4 Å². The number of nitrogens with zero attached hydrogens (tertiary/aromatic N) is 3. The predicted octanol–water partition coefficient (Wildman–Crippen LogP) is 4.32. The molecule has 1 aromatic carbocycles. The Balaban J connectivity index is 1.64. The second kappa shape index (κ2) is 6.40. The average molecular weight is 339 g/mol. The molecule has 1 saturated heterocycles. The van der Waals surface area contributed by atoms with E-state index in [-0.39, 0.29) is 5.91 Å². The van der Waals surface area contributed by atoms with Crippen LogP contribution in [0.5, 0.6) is 0 Å². The molecule has 24 heavy (non-hydrogen) atoms. The average Bonchev–Trinajstić information content (AvgIpc) is 3.10. The summed E-state index contributed by atoms with van der Waals surface area (Å²) in [5.41, 5.74) is 2.83. The fourth-order valence-corrected chi connectivity index (χ4v) is 4.26. The number of carbonyl (C=O) groups excluding carboxylic acids is 1. The third-order valence-corrected chi connectivity index (χ3v) is 5.65. The van der Waals surface area contributed by atoms with Gasteiger partial charge in [-0.1, -0.05) is 31.0 Å². The zero-order chi connectivity index (χ0) is 16.5. The van der Waals surface area contributed by atoms with Gasteiger partial charge in [0.25, 0.3) is 5.91 Å². The molecule has 0 unspecified atom stereocenters. The molecule has 1 amide bonds. The Morgan fingerprint density at radius 1 is 1.12 bits per heavy atom. The molecule has 0 spiro atoms. The number of hydrogen-bond donors (Lipinski definition) is 0. The quantitative estimate of drug-likeness (QED) is 0.697. The molecule has 1 aliphatic heterocycles. The highest BCUT2D eigenvalue weighted by Gasteiger charge is 2.21. The molecule has 0 N–H and O–H groups in total. The van der Waals surface area contributed by atoms with Crippen molar-refractivity contribution in [2.75, 3.05) is 13.1 Å². The second-order valence-corrected chi connectivity index (χ2v) is 7.25. The van der Waals surface area contributed by atoms with Gasteiger partial charge < -0.3 is 9.47 Å². The van der Waals surface area contributed by atoms with E-state index in [2.05, 4.69) is 34.8 Å². The number of para-hydroxylation sites is 1. The van der Waals surface area contributed by atoms with Crippen LogP contribution < -0.4 is 0 Å². The molecule has 4 nitrogen and oxygen atoms in total. The van der Waals surface area contributed by atoms with Crippen LogP contribution in [-0.4, -0.2) is 33.4 Å². The summed E-state index contributed by atoms with van der Waals surface area (Å²) in [6.07, 6.45) is 4.65. The zero-order valence-electron chi connectivity index (χ0n) is 13.9. The summed E-state index contributed by atoms with van der Waals surface area (Å²) < 4.78 is 2.15. The lowest BCUT2D eigenvalue weighted by molar-refractivity contribution is 0.0756. The molecule has 1 fully saturated rings. The standard InChI is InChI=1S/C19H21N3OS/c1-21-16-9-5-4-8-14(16)12-17(21)18-20-15(13-24-18)19(23)22-10-6-2-3-7-11-22/h4-5,8-9,12-13H,2-3,6-7,10-11H2,1H3. The maximum atomic E-state index is 12.7. The van der Waals surface area contributed by atoms with E-state index in [0.29, 0.717) is 5.69 Å². The normalized spacial score (nSPS) is 15.6. The molecule has 124 valence electrons. The smallest absolute Gasteiger partial charge is 0.273 e. The van der Waals surface area contributed by atoms with Crippen molar-refractivity contribution in [2.24, 2.45) is 7.05 Å². The van der Waals surface area contributed by atoms with E-state index in [1.165, 1.54) is 23.7 Å². The Hall–Kier alpha value is -2.14. The molecule has 0 aliphatic carbocycles. The van der Waals surface area contributed by atoms with Crippen LogP contribution in [0.2, 0.25) is 0 Å². The van der Waals surface area contributed by atoms with Crippen molar-refractivity contribution in [1.29, 1.82) is 0 Å². The number of amides is 1. The van der Waals surface area contributed by atoms with Gasteiger partial charge in [-0.3, -0.25) is 4.79 Å². The summed E-state index contributed by atoms with van der Waals surface area (Å²) in [7, 11) is 2.05. The first kappa shape index (κ1) is 15.4. The molecular formula is C19H21N3OS. The predicted molar refractivity (Wildman–Crippen MR) is 98.4 cm³/mol. The lowest BCUT2D eigenvalue weighted by atomic mass is 10.2. The van der Waals surface area contributed by atoms with Gasteiger partial charge in [0, 0.05) is 36.4 Å². The lowest BCUT2D eigenvalue weighted by Gasteiger charge is -2.18. The Bertz CT molecular complexity index is 872. The number of thiazole rings is 1. The largest absolute Gasteiger partial charge is 0.342 e. The Labute approximate surface area is 145 Å². The van der Waals surface area contributed by atoms with Gasteiger partial charge in [-0.15, -0.1) is 11.3 Å². The first-order valence-electron chi connectivity index (χ1n) is 8.54. The number of hydrogen-bond acceptors (Lipinski definition) is 3. The highest BCUT2D eigenvalue weighted by molar-refractivity contribution is 7.13. The van der Waals surface area contributed by atoms with E-state index in [9.17, 15) is 4.79 Å². The molecule has 0 bridgehead atoms. The molecule has 0 saturated carbocycles. The molecular weight excluding hydrogens is 318 g/mol. The molecule has 2 aromatic heterocycles. The van der Waals surface area contributed by atoms with E-state index < -0.39 is 0 Å². The molecule has 0 radical (unpaired) electrons. The Kier molecular flexibility index (Phi) is 4.10. The first-order valence-corrected chi connectivity index (χ1v) is 9.41. The Morgan fingerprint density at radius 3 is 2.62 bits per heavy atom. The van der Waals surface area contributed by atoms with Crippen molar-refractivity contribution in [3.8, 4) is 10.7 Å². The minimum absolute atomic E-state index is 0.0816. The van der Waals surface area contributed by atoms with E-state index in [4.69, 9.17) is 0 Å². The Morgan fingerprint density at radius 2 is 1.88 bits per heavy atom. The summed E-state index contributed by atoms with van der Waals surface area (Å²) in [5.74, 6) is 0.0816. The zero-order valence-corrected chi connectivity index (χ0v) is 14.7. The SMILES string of the molecule is Cn1c(-c2nc(C(=O)N3CCCCCC3)cs2)cc2ccccc21. The topological polar surface area (TPSA) is 38.1 Å². The molecule has 4 rings (SSSR count). The van der Waals surface area contributed by atoms with Crippen molar-refractivity contribution < 1.29 is 4.79 Å². The number of benzene rings is 1. The molecule has 3 aromatic rings. The van der Waals surface area contributed by atoms with Crippen LogP contribution in [0.15, 0.2) is 35.7 Å². The number of aryl methyl sites for hydroxylation is 1. The molecule has 3 heterocycles. The van der Waals surface area contributed by atoms with Crippen LogP contribution in [-0.2, 0) is 7.05 Å². The summed E-state index contributed by atoms with van der Waals surface area (Å²) in [6.45, 7) is 1.72. The van der Waals surface area contributed by atoms with Gasteiger partial charge in [-0.25, -0.2) is 4.98 Å². The van der Waals surface area contributed by atoms with Gasteiger partial charge in [0.1, 0.15) is 10.7 Å². The van der Waals surface area contributed by atoms with Crippen molar-refractivity contribution in [1.82, 2.24) is 14.5 Å². The maximum absolute atomic E-state index is 12.7. The van der Waals surface area contributed by atoms with Gasteiger partial charge in [0.2, 0.25) is 0 Å². The maximum Gasteiger partial charge on any atom is 0.273 e. The van der Waals surface area contributed by atoms with Crippen molar-refractivity contribution in [3.05, 3.63) is 41.4 Å². The van der Waals surface area contributed by atoms with Gasteiger partial charge in [0.15, 0.2) is 0 Å². The van der Waals surface area contributed by atoms with Gasteiger partial charge in [-0.2, -0.15) is 0 Å². The van der Waals surface area contributed by atoms with Crippen molar-refractivity contribution in [3.63, 3.8) is 0 Å². The number of rotatable bonds is 2. The molecule has 5 heteroatoms. The number of likely N-dealkylation sites (tertiary alicyclic amines) is 1. The highest BCUT2D eigenvalue weighted by atomic mass is 32.1.